The van der Waals surface area contributed by atoms with Gasteiger partial charge in [0.25, 0.3) is 6.43 Å². The normalized spacial score (nSPS) is 17.9. The summed E-state index contributed by atoms with van der Waals surface area (Å²) >= 11 is 0. The molecule has 1 saturated heterocycles. The highest BCUT2D eigenvalue weighted by molar-refractivity contribution is 5.80. The highest BCUT2D eigenvalue weighted by Gasteiger charge is 2.46. The second-order valence-electron chi connectivity index (χ2n) is 9.96. The molecule has 0 radical (unpaired) electrons. The number of hydrogen-bond donors (Lipinski definition) is 1. The van der Waals surface area contributed by atoms with Crippen LogP contribution in [0, 0.1) is 12.3 Å². The van der Waals surface area contributed by atoms with Gasteiger partial charge in [-0.05, 0) is 44.1 Å². The van der Waals surface area contributed by atoms with Gasteiger partial charge in [-0.2, -0.15) is 0 Å². The number of fused-ring (bicyclic) bond motifs is 2. The molecule has 0 unspecified atom stereocenters. The van der Waals surface area contributed by atoms with Crippen LogP contribution in [0.15, 0.2) is 24.7 Å². The zero-order valence-electron chi connectivity index (χ0n) is 20.2. The van der Waals surface area contributed by atoms with E-state index in [-0.39, 0.29) is 5.91 Å². The van der Waals surface area contributed by atoms with E-state index in [1.54, 1.807) is 30.8 Å². The van der Waals surface area contributed by atoms with Crippen molar-refractivity contribution in [3.05, 3.63) is 30.5 Å². The first kappa shape index (κ1) is 22.7. The van der Waals surface area contributed by atoms with Gasteiger partial charge in [0.2, 0.25) is 11.9 Å². The number of rotatable bonds is 5. The van der Waals surface area contributed by atoms with E-state index in [9.17, 15) is 13.6 Å². The number of aryl methyl sites for hydroxylation is 1. The summed E-state index contributed by atoms with van der Waals surface area (Å²) in [6.07, 6.45) is 6.84. The molecule has 0 atom stereocenters. The van der Waals surface area contributed by atoms with Gasteiger partial charge < -0.3 is 14.8 Å². The summed E-state index contributed by atoms with van der Waals surface area (Å²) < 4.78 is 29.2. The van der Waals surface area contributed by atoms with Crippen molar-refractivity contribution in [2.24, 2.45) is 5.41 Å². The Bertz CT molecular complexity index is 1450. The van der Waals surface area contributed by atoms with E-state index in [1.807, 2.05) is 17.2 Å². The molecule has 6 rings (SSSR count). The molecule has 4 aromatic heterocycles. The van der Waals surface area contributed by atoms with Gasteiger partial charge in [-0.1, -0.05) is 0 Å². The van der Waals surface area contributed by atoms with E-state index < -0.39 is 13.0 Å². The zero-order chi connectivity index (χ0) is 25.0. The maximum atomic E-state index is 13.1. The third-order valence-corrected chi connectivity index (χ3v) is 7.62. The number of carbonyl (C=O) groups is 1. The Labute approximate surface area is 205 Å². The maximum absolute atomic E-state index is 13.1. The monoisotopic (exact) mass is 495 g/mol. The van der Waals surface area contributed by atoms with Crippen LogP contribution in [-0.4, -0.2) is 70.5 Å². The second-order valence-corrected chi connectivity index (χ2v) is 9.96. The van der Waals surface area contributed by atoms with Gasteiger partial charge in [0, 0.05) is 37.8 Å². The van der Waals surface area contributed by atoms with E-state index >= 15 is 0 Å². The number of nitrogens with zero attached hydrogens (tertiary/aromatic N) is 8. The minimum atomic E-state index is -2.51. The summed E-state index contributed by atoms with van der Waals surface area (Å²) in [4.78, 5) is 31.2. The van der Waals surface area contributed by atoms with E-state index in [4.69, 9.17) is 0 Å². The van der Waals surface area contributed by atoms with Crippen LogP contribution in [0.1, 0.15) is 38.4 Å². The number of hydrogen-bond acceptors (Lipinski definition) is 7. The van der Waals surface area contributed by atoms with Crippen LogP contribution in [0.25, 0.3) is 28.1 Å². The van der Waals surface area contributed by atoms with Crippen molar-refractivity contribution < 1.29 is 13.6 Å². The fourth-order valence-electron chi connectivity index (χ4n) is 5.64. The fraction of sp³-hybridized carbons (Fsp3) is 0.500. The number of imidazole rings is 1. The standard InChI is InChI=1S/C24H27F2N9O/c1-14-29-21-22(34(14)13-20(25)26)31-18(11-27-21)17-3-6-35-19(17)12-28-23(32-35)30-16-9-24(10-16)4-7-33(8-5-24)15(2)36/h3,6,11-12,16,20H,4-5,7-10,13H2,1-2H3,(H,30,32). The minimum absolute atomic E-state index is 0.159. The van der Waals surface area contributed by atoms with Crippen molar-refractivity contribution >= 4 is 28.7 Å². The highest BCUT2D eigenvalue weighted by atomic mass is 19.3. The molecule has 2 fully saturated rings. The van der Waals surface area contributed by atoms with E-state index in [0.717, 1.165) is 49.9 Å². The average Bonchev–Trinajstić information content (AvgIpc) is 3.38. The number of amides is 1. The Morgan fingerprint density at radius 3 is 2.69 bits per heavy atom. The van der Waals surface area contributed by atoms with Gasteiger partial charge in [-0.25, -0.2) is 33.2 Å². The summed E-state index contributed by atoms with van der Waals surface area (Å²) in [5, 5.41) is 8.06. The molecule has 36 heavy (non-hydrogen) atoms. The smallest absolute Gasteiger partial charge is 0.256 e. The molecule has 1 spiro atoms. The third-order valence-electron chi connectivity index (χ3n) is 7.62. The van der Waals surface area contributed by atoms with Crippen molar-refractivity contribution in [3.63, 3.8) is 0 Å². The van der Waals surface area contributed by atoms with E-state index in [1.165, 1.54) is 4.57 Å². The lowest BCUT2D eigenvalue weighted by Gasteiger charge is -2.52. The second kappa shape index (κ2) is 8.45. The minimum Gasteiger partial charge on any atom is -0.350 e. The first-order valence-electron chi connectivity index (χ1n) is 12.2. The number of carbonyl (C=O) groups excluding carboxylic acids is 1. The molecule has 1 aliphatic heterocycles. The number of piperidine rings is 1. The van der Waals surface area contributed by atoms with Gasteiger partial charge in [0.15, 0.2) is 11.3 Å². The number of aromatic nitrogens is 7. The molecule has 1 N–H and O–H groups in total. The number of likely N-dealkylation sites (tertiary alicyclic amines) is 1. The summed E-state index contributed by atoms with van der Waals surface area (Å²) in [5.74, 6) is 1.16. The summed E-state index contributed by atoms with van der Waals surface area (Å²) in [6.45, 7) is 4.51. The molecule has 12 heteroatoms. The van der Waals surface area contributed by atoms with E-state index in [0.29, 0.717) is 40.2 Å². The molecule has 1 amide bonds. The van der Waals surface area contributed by atoms with E-state index in [2.05, 4.69) is 30.4 Å². The number of nitrogens with one attached hydrogen (secondary N) is 1. The Kier molecular flexibility index (Phi) is 5.34. The van der Waals surface area contributed by atoms with Crippen LogP contribution in [0.5, 0.6) is 0 Å². The van der Waals surface area contributed by atoms with Gasteiger partial charge >= 0.3 is 0 Å². The zero-order valence-corrected chi connectivity index (χ0v) is 20.2. The molecule has 0 aromatic carbocycles. The summed E-state index contributed by atoms with van der Waals surface area (Å²) in [5.41, 5.74) is 3.04. The van der Waals surface area contributed by atoms with Gasteiger partial charge in [0.05, 0.1) is 30.1 Å². The molecule has 2 aliphatic rings. The van der Waals surface area contributed by atoms with Crippen LogP contribution < -0.4 is 5.32 Å². The molecular formula is C24H27F2N9O. The average molecular weight is 496 g/mol. The lowest BCUT2D eigenvalue weighted by atomic mass is 9.60. The highest BCUT2D eigenvalue weighted by Crippen LogP contribution is 2.49. The van der Waals surface area contributed by atoms with Crippen LogP contribution in [-0.2, 0) is 11.3 Å². The number of anilines is 1. The van der Waals surface area contributed by atoms with Crippen molar-refractivity contribution in [2.45, 2.75) is 58.5 Å². The lowest BCUT2D eigenvalue weighted by Crippen LogP contribution is -2.52. The van der Waals surface area contributed by atoms with Crippen LogP contribution in [0.3, 0.4) is 0 Å². The Morgan fingerprint density at radius 2 is 1.97 bits per heavy atom. The molecule has 188 valence electrons. The predicted octanol–water partition coefficient (Wildman–Crippen LogP) is 3.31. The largest absolute Gasteiger partial charge is 0.350 e. The van der Waals surface area contributed by atoms with Crippen molar-refractivity contribution in [3.8, 4) is 11.3 Å². The third kappa shape index (κ3) is 3.94. The quantitative estimate of drug-likeness (QED) is 0.453. The molecule has 0 bridgehead atoms. The number of alkyl halides is 2. The lowest BCUT2D eigenvalue weighted by molar-refractivity contribution is -0.132. The van der Waals surface area contributed by atoms with Crippen molar-refractivity contribution in [1.82, 2.24) is 39.0 Å². The van der Waals surface area contributed by atoms with Crippen LogP contribution in [0.4, 0.5) is 14.7 Å². The Hall–Kier alpha value is -3.70. The van der Waals surface area contributed by atoms with Crippen LogP contribution in [0.2, 0.25) is 0 Å². The first-order chi connectivity index (χ1) is 17.3. The molecule has 4 aromatic rings. The predicted molar refractivity (Wildman–Crippen MR) is 129 cm³/mol. The molecule has 5 heterocycles. The van der Waals surface area contributed by atoms with Gasteiger partial charge in [-0.15, -0.1) is 5.10 Å². The number of halogens is 2. The first-order valence-corrected chi connectivity index (χ1v) is 12.2. The van der Waals surface area contributed by atoms with Crippen molar-refractivity contribution in [1.29, 1.82) is 0 Å². The van der Waals surface area contributed by atoms with Crippen LogP contribution >= 0.6 is 0 Å². The van der Waals surface area contributed by atoms with Gasteiger partial charge in [0.1, 0.15) is 5.82 Å². The maximum Gasteiger partial charge on any atom is 0.256 e. The molecule has 1 saturated carbocycles. The molecule has 10 nitrogen and oxygen atoms in total. The van der Waals surface area contributed by atoms with Crippen molar-refractivity contribution in [2.75, 3.05) is 18.4 Å². The molecule has 1 aliphatic carbocycles. The SMILES string of the molecule is CC(=O)N1CCC2(CC1)CC(Nc1ncc3c(-c4cnc5nc(C)n(CC(F)F)c5n4)ccn3n1)C2. The Morgan fingerprint density at radius 1 is 1.19 bits per heavy atom. The molecular weight excluding hydrogens is 468 g/mol. The fourth-order valence-corrected chi connectivity index (χ4v) is 5.64. The topological polar surface area (TPSA) is 106 Å². The summed E-state index contributed by atoms with van der Waals surface area (Å²) in [6, 6.07) is 2.18. The Balaban J connectivity index is 1.18. The van der Waals surface area contributed by atoms with Gasteiger partial charge in [-0.3, -0.25) is 4.79 Å². The summed E-state index contributed by atoms with van der Waals surface area (Å²) in [7, 11) is 0.